The minimum atomic E-state index is 0.185. The molecule has 2 aliphatic heterocycles. The van der Waals surface area contributed by atoms with E-state index in [1.807, 2.05) is 0 Å². The zero-order valence-corrected chi connectivity index (χ0v) is 15.0. The first-order valence-corrected chi connectivity index (χ1v) is 9.85. The molecule has 4 rings (SSSR count). The maximum atomic E-state index is 12.6. The Bertz CT molecular complexity index is 591. The molecule has 2 heterocycles. The van der Waals surface area contributed by atoms with Crippen molar-refractivity contribution in [3.8, 4) is 0 Å². The van der Waals surface area contributed by atoms with Crippen LogP contribution in [0.3, 0.4) is 0 Å². The lowest BCUT2D eigenvalue weighted by molar-refractivity contribution is -0.123. The highest BCUT2D eigenvalue weighted by Gasteiger charge is 2.29. The molecule has 5 heteroatoms. The normalized spacial score (nSPS) is 25.7. The lowest BCUT2D eigenvalue weighted by Gasteiger charge is -2.34. The Morgan fingerprint density at radius 1 is 1.08 bits per heavy atom. The summed E-state index contributed by atoms with van der Waals surface area (Å²) in [5.74, 6) is 1.74. The van der Waals surface area contributed by atoms with Crippen LogP contribution in [0.4, 0.5) is 0 Å². The van der Waals surface area contributed by atoms with Gasteiger partial charge in [0.1, 0.15) is 0 Å². The summed E-state index contributed by atoms with van der Waals surface area (Å²) in [5, 5.41) is 3.29. The van der Waals surface area contributed by atoms with Gasteiger partial charge < -0.3 is 5.32 Å². The predicted molar refractivity (Wildman–Crippen MR) is 98.9 cm³/mol. The Kier molecular flexibility index (Phi) is 5.34. The number of nitrogens with zero attached hydrogens (tertiary/aromatic N) is 1. The van der Waals surface area contributed by atoms with Crippen LogP contribution < -0.4 is 16.2 Å². The van der Waals surface area contributed by atoms with Gasteiger partial charge in [0, 0.05) is 13.1 Å². The Balaban J connectivity index is 1.26. The Hall–Kier alpha value is -1.43. The third-order valence-electron chi connectivity index (χ3n) is 6.22. The highest BCUT2D eigenvalue weighted by molar-refractivity contribution is 5.78. The smallest absolute Gasteiger partial charge is 0.234 e. The van der Waals surface area contributed by atoms with Gasteiger partial charge in [-0.05, 0) is 68.2 Å². The van der Waals surface area contributed by atoms with Crippen molar-refractivity contribution in [3.63, 3.8) is 0 Å². The molecular formula is C20H30N4O. The van der Waals surface area contributed by atoms with E-state index < -0.39 is 0 Å². The summed E-state index contributed by atoms with van der Waals surface area (Å²) < 4.78 is 0. The number of piperidine rings is 1. The molecule has 3 N–H and O–H groups in total. The number of rotatable bonds is 4. The quantitative estimate of drug-likeness (QED) is 0.778. The van der Waals surface area contributed by atoms with Crippen molar-refractivity contribution in [3.05, 3.63) is 35.4 Å². The van der Waals surface area contributed by atoms with Crippen LogP contribution in [-0.4, -0.2) is 43.5 Å². The molecule has 1 amide bonds. The molecule has 2 fully saturated rings. The fourth-order valence-electron chi connectivity index (χ4n) is 4.74. The van der Waals surface area contributed by atoms with E-state index >= 15 is 0 Å². The number of amides is 1. The second-order valence-corrected chi connectivity index (χ2v) is 7.85. The molecule has 0 spiro atoms. The van der Waals surface area contributed by atoms with Crippen LogP contribution in [0.15, 0.2) is 24.3 Å². The fourth-order valence-corrected chi connectivity index (χ4v) is 4.74. The molecular weight excluding hydrogens is 312 g/mol. The van der Waals surface area contributed by atoms with Crippen molar-refractivity contribution in [2.75, 3.05) is 32.7 Å². The molecule has 1 aromatic carbocycles. The number of carbonyl (C=O) groups is 1. The van der Waals surface area contributed by atoms with E-state index in [1.54, 1.807) is 0 Å². The van der Waals surface area contributed by atoms with Crippen LogP contribution >= 0.6 is 0 Å². The molecule has 0 saturated carbocycles. The van der Waals surface area contributed by atoms with Crippen LogP contribution in [0, 0.1) is 11.8 Å². The van der Waals surface area contributed by atoms with E-state index in [-0.39, 0.29) is 11.9 Å². The first-order chi connectivity index (χ1) is 12.3. The van der Waals surface area contributed by atoms with Gasteiger partial charge in [-0.2, -0.15) is 0 Å². The van der Waals surface area contributed by atoms with E-state index in [2.05, 4.69) is 45.3 Å². The highest BCUT2D eigenvalue weighted by atomic mass is 16.2. The molecule has 1 aliphatic carbocycles. The molecule has 1 unspecified atom stereocenters. The third kappa shape index (κ3) is 4.05. The number of hydrazine groups is 1. The largest absolute Gasteiger partial charge is 0.348 e. The Morgan fingerprint density at radius 2 is 1.84 bits per heavy atom. The molecule has 0 radical (unpaired) electrons. The van der Waals surface area contributed by atoms with Crippen LogP contribution in [0.5, 0.6) is 0 Å². The molecule has 5 nitrogen and oxygen atoms in total. The maximum absolute atomic E-state index is 12.6. The van der Waals surface area contributed by atoms with Gasteiger partial charge in [-0.15, -0.1) is 0 Å². The fraction of sp³-hybridized carbons (Fsp3) is 0.650. The topological polar surface area (TPSA) is 56.4 Å². The van der Waals surface area contributed by atoms with Gasteiger partial charge in [-0.25, -0.2) is 0 Å². The molecule has 2 saturated heterocycles. The number of benzene rings is 1. The summed E-state index contributed by atoms with van der Waals surface area (Å²) in [6.45, 7) is 4.83. The second kappa shape index (κ2) is 7.85. The first kappa shape index (κ1) is 17.0. The molecule has 1 aromatic rings. The molecule has 136 valence electrons. The number of hydrogen-bond donors (Lipinski definition) is 3. The van der Waals surface area contributed by atoms with Crippen LogP contribution in [-0.2, 0) is 11.2 Å². The summed E-state index contributed by atoms with van der Waals surface area (Å²) in [6, 6.07) is 8.76. The lowest BCUT2D eigenvalue weighted by Crippen LogP contribution is -2.44. The van der Waals surface area contributed by atoms with Crippen LogP contribution in [0.25, 0.3) is 0 Å². The van der Waals surface area contributed by atoms with Gasteiger partial charge in [-0.1, -0.05) is 24.3 Å². The van der Waals surface area contributed by atoms with E-state index in [1.165, 1.54) is 24.0 Å². The minimum absolute atomic E-state index is 0.185. The summed E-state index contributed by atoms with van der Waals surface area (Å²) in [4.78, 5) is 14.9. The molecule has 25 heavy (non-hydrogen) atoms. The molecule has 1 atom stereocenters. The summed E-state index contributed by atoms with van der Waals surface area (Å²) in [7, 11) is 0. The number of fused-ring (bicyclic) bond motifs is 1. The van der Waals surface area contributed by atoms with E-state index in [0.717, 1.165) is 57.3 Å². The number of aryl methyl sites for hydroxylation is 1. The first-order valence-electron chi connectivity index (χ1n) is 9.85. The van der Waals surface area contributed by atoms with Gasteiger partial charge in [0.05, 0.1) is 12.6 Å². The van der Waals surface area contributed by atoms with E-state index in [0.29, 0.717) is 6.54 Å². The molecule has 3 aliphatic rings. The van der Waals surface area contributed by atoms with Gasteiger partial charge in [0.15, 0.2) is 0 Å². The highest BCUT2D eigenvalue weighted by Crippen LogP contribution is 2.29. The summed E-state index contributed by atoms with van der Waals surface area (Å²) in [5.41, 5.74) is 9.20. The predicted octanol–water partition coefficient (Wildman–Crippen LogP) is 1.62. The van der Waals surface area contributed by atoms with Gasteiger partial charge in [0.25, 0.3) is 0 Å². The Morgan fingerprint density at radius 3 is 2.64 bits per heavy atom. The van der Waals surface area contributed by atoms with Gasteiger partial charge >= 0.3 is 0 Å². The number of likely N-dealkylation sites (tertiary alicyclic amines) is 1. The van der Waals surface area contributed by atoms with Gasteiger partial charge in [-0.3, -0.25) is 20.5 Å². The van der Waals surface area contributed by atoms with Crippen molar-refractivity contribution in [1.29, 1.82) is 0 Å². The van der Waals surface area contributed by atoms with Crippen molar-refractivity contribution < 1.29 is 4.79 Å². The average molecular weight is 342 g/mol. The number of nitrogens with one attached hydrogen (secondary N) is 3. The van der Waals surface area contributed by atoms with Gasteiger partial charge in [0.2, 0.25) is 5.91 Å². The Labute approximate surface area is 150 Å². The van der Waals surface area contributed by atoms with Crippen molar-refractivity contribution in [1.82, 2.24) is 21.1 Å². The SMILES string of the molecule is O=C(CN1CCC(C2CNNC2)CC1)NC1CCCc2ccccc21. The second-order valence-electron chi connectivity index (χ2n) is 7.85. The monoisotopic (exact) mass is 342 g/mol. The molecule has 0 aromatic heterocycles. The lowest BCUT2D eigenvalue weighted by atomic mass is 9.85. The van der Waals surface area contributed by atoms with Crippen molar-refractivity contribution in [2.45, 2.75) is 38.1 Å². The molecule has 0 bridgehead atoms. The zero-order chi connectivity index (χ0) is 17.1. The summed E-state index contributed by atoms with van der Waals surface area (Å²) >= 11 is 0. The third-order valence-corrected chi connectivity index (χ3v) is 6.22. The van der Waals surface area contributed by atoms with E-state index in [9.17, 15) is 4.79 Å². The van der Waals surface area contributed by atoms with Crippen LogP contribution in [0.2, 0.25) is 0 Å². The van der Waals surface area contributed by atoms with Crippen molar-refractivity contribution >= 4 is 5.91 Å². The number of hydrogen-bond acceptors (Lipinski definition) is 4. The minimum Gasteiger partial charge on any atom is -0.348 e. The van der Waals surface area contributed by atoms with Crippen molar-refractivity contribution in [2.24, 2.45) is 11.8 Å². The number of carbonyl (C=O) groups excluding carboxylic acids is 1. The van der Waals surface area contributed by atoms with E-state index in [4.69, 9.17) is 0 Å². The zero-order valence-electron chi connectivity index (χ0n) is 15.0. The summed E-state index contributed by atoms with van der Waals surface area (Å²) in [6.07, 6.45) is 5.80. The van der Waals surface area contributed by atoms with Crippen LogP contribution in [0.1, 0.15) is 42.9 Å². The average Bonchev–Trinajstić information content (AvgIpc) is 3.17. The standard InChI is InChI=1S/C20H30N4O/c25-20(23-19-7-3-5-16-4-1-2-6-18(16)19)14-24-10-8-15(9-11-24)17-12-21-22-13-17/h1-2,4,6,15,17,19,21-22H,3,5,7-14H2,(H,23,25). The maximum Gasteiger partial charge on any atom is 0.234 e.